The van der Waals surface area contributed by atoms with Gasteiger partial charge in [-0.05, 0) is 64.4 Å². The van der Waals surface area contributed by atoms with Crippen molar-refractivity contribution < 1.29 is 35.9 Å². The molecule has 262 valence electrons. The van der Waals surface area contributed by atoms with E-state index in [0.29, 0.717) is 36.5 Å². The van der Waals surface area contributed by atoms with Crippen LogP contribution in [0.1, 0.15) is 87.5 Å². The van der Waals surface area contributed by atoms with Gasteiger partial charge in [0.05, 0.1) is 18.0 Å². The third-order valence-corrected chi connectivity index (χ3v) is 7.91. The van der Waals surface area contributed by atoms with E-state index in [2.05, 4.69) is 43.1 Å². The van der Waals surface area contributed by atoms with E-state index in [4.69, 9.17) is 4.74 Å². The number of amides is 2. The van der Waals surface area contributed by atoms with Gasteiger partial charge >= 0.3 is 18.4 Å². The van der Waals surface area contributed by atoms with E-state index in [1.54, 1.807) is 0 Å². The molecule has 2 aliphatic heterocycles. The molecule has 2 heterocycles. The number of likely N-dealkylation sites (N-methyl/N-ethyl adjacent to an activating group) is 1. The second kappa shape index (κ2) is 21.5. The number of nitrogens with one attached hydrogen (secondary N) is 1. The number of carbonyl (C=O) groups is 1. The lowest BCUT2D eigenvalue weighted by atomic mass is 9.81. The van der Waals surface area contributed by atoms with Crippen LogP contribution in [0.5, 0.6) is 0 Å². The molecule has 11 heteroatoms. The lowest BCUT2D eigenvalue weighted by molar-refractivity contribution is -0.126. The number of hydrogen-bond acceptors (Lipinski definition) is 3. The zero-order valence-corrected chi connectivity index (χ0v) is 28.7. The van der Waals surface area contributed by atoms with Crippen LogP contribution in [0.15, 0.2) is 47.6 Å². The van der Waals surface area contributed by atoms with Gasteiger partial charge in [0.25, 0.3) is 0 Å². The van der Waals surface area contributed by atoms with Gasteiger partial charge in [-0.15, -0.1) is 0 Å². The van der Waals surface area contributed by atoms with E-state index >= 15 is 0 Å². The topological polar surface area (TPSA) is 44.8 Å². The summed E-state index contributed by atoms with van der Waals surface area (Å²) in [7, 11) is 1.45. The Hall–Kier alpha value is -2.27. The quantitative estimate of drug-likeness (QED) is 0.179. The fraction of sp³-hybridized carbons (Fsp3) is 0.735. The number of allylic oxidation sites excluding steroid dienone is 7. The maximum atomic E-state index is 13.2. The fourth-order valence-electron chi connectivity index (χ4n) is 5.16. The first-order valence-corrected chi connectivity index (χ1v) is 16.2. The van der Waals surface area contributed by atoms with Crippen LogP contribution >= 0.6 is 0 Å². The third kappa shape index (κ3) is 16.7. The zero-order chi connectivity index (χ0) is 34.8. The van der Waals surface area contributed by atoms with Crippen molar-refractivity contribution in [2.75, 3.05) is 33.4 Å². The van der Waals surface area contributed by atoms with Crippen molar-refractivity contribution in [2.45, 2.75) is 118 Å². The predicted molar refractivity (Wildman–Crippen MR) is 172 cm³/mol. The summed E-state index contributed by atoms with van der Waals surface area (Å²) in [6.07, 6.45) is 1.68. The predicted octanol–water partition coefficient (Wildman–Crippen LogP) is 9.48. The molecule has 2 fully saturated rings. The molecule has 0 saturated carbocycles. The number of urea groups is 1. The lowest BCUT2D eigenvalue weighted by Crippen LogP contribution is -2.61. The largest absolute Gasteiger partial charge is 0.416 e. The zero-order valence-electron chi connectivity index (χ0n) is 28.7. The number of hydrogen-bond donors (Lipinski definition) is 1. The van der Waals surface area contributed by atoms with E-state index in [1.807, 2.05) is 32.9 Å². The Kier molecular flexibility index (Phi) is 20.4. The van der Waals surface area contributed by atoms with Crippen molar-refractivity contribution in [3.8, 4) is 0 Å². The van der Waals surface area contributed by atoms with Gasteiger partial charge < -0.3 is 15.0 Å². The van der Waals surface area contributed by atoms with Gasteiger partial charge in [0, 0.05) is 45.4 Å². The number of ether oxygens (including phenoxy) is 1. The summed E-state index contributed by atoms with van der Waals surface area (Å²) in [4.78, 5) is 16.3. The number of carbonyl (C=O) groups excluding carboxylic acids is 1. The maximum Gasteiger partial charge on any atom is 0.416 e. The molecule has 0 bridgehead atoms. The smallest absolute Gasteiger partial charge is 0.381 e. The number of rotatable bonds is 11. The molecule has 0 aliphatic carbocycles. The maximum absolute atomic E-state index is 13.2. The molecule has 0 aromatic carbocycles. The molecule has 0 spiro atoms. The van der Waals surface area contributed by atoms with Gasteiger partial charge in [-0.3, -0.25) is 4.90 Å². The highest BCUT2D eigenvalue weighted by molar-refractivity contribution is 5.74. The molecule has 0 radical (unpaired) electrons. The molecule has 0 aromatic heterocycles. The summed E-state index contributed by atoms with van der Waals surface area (Å²) in [5, 5.41) is 2.82. The highest BCUT2D eigenvalue weighted by Gasteiger charge is 2.41. The molecule has 3 atom stereocenters. The second-order valence-electron chi connectivity index (χ2n) is 11.6. The monoisotopic (exact) mass is 653 g/mol. The molecule has 2 aliphatic rings. The van der Waals surface area contributed by atoms with Crippen molar-refractivity contribution >= 4 is 6.03 Å². The highest BCUT2D eigenvalue weighted by Crippen LogP contribution is 2.35. The number of halogens is 6. The molecule has 2 saturated heterocycles. The summed E-state index contributed by atoms with van der Waals surface area (Å²) in [5.41, 5.74) is -1.25. The molecule has 5 nitrogen and oxygen atoms in total. The van der Waals surface area contributed by atoms with Crippen LogP contribution < -0.4 is 5.32 Å². The van der Waals surface area contributed by atoms with E-state index in [1.165, 1.54) is 25.8 Å². The molecular weight excluding hydrogens is 596 g/mol. The normalized spacial score (nSPS) is 21.2. The molecule has 1 N–H and O–H groups in total. The number of alkyl halides is 6. The first kappa shape index (κ1) is 42.7. The van der Waals surface area contributed by atoms with E-state index in [0.717, 1.165) is 45.4 Å². The molecule has 2 rings (SSSR count). The first-order valence-electron chi connectivity index (χ1n) is 16.2. The SMILES string of the molecule is C/C=C\C=C/C(C)C.CC.CCC1[C@H](CCNC(=O)N(C)C(C)/C(C)=C/C(=C\CC(F)(F)F)C(F)(F)F)CN1C1CCOCC1. The third-order valence-electron chi connectivity index (χ3n) is 7.91. The summed E-state index contributed by atoms with van der Waals surface area (Å²) in [6.45, 7) is 18.4. The van der Waals surface area contributed by atoms with Crippen LogP contribution in [0.25, 0.3) is 0 Å². The first-order chi connectivity index (χ1) is 21.0. The van der Waals surface area contributed by atoms with Gasteiger partial charge in [0.1, 0.15) is 0 Å². The fourth-order valence-corrected chi connectivity index (χ4v) is 5.16. The summed E-state index contributed by atoms with van der Waals surface area (Å²) < 4.78 is 82.2. The Labute approximate surface area is 267 Å². The van der Waals surface area contributed by atoms with Gasteiger partial charge in [-0.1, -0.05) is 70.6 Å². The van der Waals surface area contributed by atoms with Crippen LogP contribution in [0.4, 0.5) is 31.1 Å². The van der Waals surface area contributed by atoms with E-state index < -0.39 is 36.4 Å². The Morgan fingerprint density at radius 2 is 1.67 bits per heavy atom. The minimum Gasteiger partial charge on any atom is -0.381 e. The summed E-state index contributed by atoms with van der Waals surface area (Å²) in [6, 6.07) is -0.149. The average Bonchev–Trinajstić information content (AvgIpc) is 2.96. The summed E-state index contributed by atoms with van der Waals surface area (Å²) >= 11 is 0. The van der Waals surface area contributed by atoms with Crippen LogP contribution in [0.2, 0.25) is 0 Å². The van der Waals surface area contributed by atoms with Gasteiger partial charge in [-0.2, -0.15) is 26.3 Å². The number of likely N-dealkylation sites (tertiary alicyclic amines) is 1. The van der Waals surface area contributed by atoms with Crippen LogP contribution in [-0.4, -0.2) is 79.7 Å². The second-order valence-corrected chi connectivity index (χ2v) is 11.6. The van der Waals surface area contributed by atoms with Crippen LogP contribution in [-0.2, 0) is 4.74 Å². The Morgan fingerprint density at radius 3 is 2.16 bits per heavy atom. The lowest BCUT2D eigenvalue weighted by Gasteiger charge is -2.53. The average molecular weight is 654 g/mol. The summed E-state index contributed by atoms with van der Waals surface area (Å²) in [5.74, 6) is 1.15. The molecule has 45 heavy (non-hydrogen) atoms. The van der Waals surface area contributed by atoms with Gasteiger partial charge in [0.15, 0.2) is 0 Å². The van der Waals surface area contributed by atoms with Gasteiger partial charge in [0.2, 0.25) is 0 Å². The van der Waals surface area contributed by atoms with E-state index in [-0.39, 0.29) is 11.6 Å². The van der Waals surface area contributed by atoms with Crippen molar-refractivity contribution in [3.63, 3.8) is 0 Å². The van der Waals surface area contributed by atoms with Crippen molar-refractivity contribution in [3.05, 3.63) is 47.6 Å². The van der Waals surface area contributed by atoms with Crippen LogP contribution in [0, 0.1) is 11.8 Å². The molecule has 2 unspecified atom stereocenters. The standard InChI is InChI=1S/C24H37F6N3O2.C8H14.C2H6/c1-5-21-18(15-33(21)20-8-12-35-13-9-20)7-11-31-22(34)32(4)17(3)16(2)14-19(24(28,29)30)6-10-23(25,26)27;1-4-5-6-7-8(2)3;1-2/h6,14,17-18,20-21H,5,7-13,15H2,1-4H3,(H,31,34);4-8H,1-3H3;1-2H3/b16-14+,19-6+;5-4-,7-6-;/t17?,18-,21?;;/m1../s1. The number of nitrogens with zero attached hydrogens (tertiary/aromatic N) is 2. The Bertz CT molecular complexity index is 951. The minimum absolute atomic E-state index is 0.128. The molecule has 0 aromatic rings. The highest BCUT2D eigenvalue weighted by atomic mass is 19.4. The molecule has 2 amide bonds. The van der Waals surface area contributed by atoms with Crippen molar-refractivity contribution in [1.82, 2.24) is 15.1 Å². The van der Waals surface area contributed by atoms with E-state index in [9.17, 15) is 31.1 Å². The van der Waals surface area contributed by atoms with Crippen molar-refractivity contribution in [1.29, 1.82) is 0 Å². The minimum atomic E-state index is -4.93. The Morgan fingerprint density at radius 1 is 1.07 bits per heavy atom. The Balaban J connectivity index is 0.00000168. The van der Waals surface area contributed by atoms with Gasteiger partial charge in [-0.25, -0.2) is 4.79 Å². The molecular formula is C34H57F6N3O2. The van der Waals surface area contributed by atoms with Crippen LogP contribution in [0.3, 0.4) is 0 Å². The van der Waals surface area contributed by atoms with Crippen molar-refractivity contribution in [2.24, 2.45) is 11.8 Å².